The minimum atomic E-state index is 0.0485. The Morgan fingerprint density at radius 2 is 2.36 bits per heavy atom. The molecule has 0 spiro atoms. The van der Waals surface area contributed by atoms with Crippen LogP contribution in [0.4, 0.5) is 5.82 Å². The molecule has 1 N–H and O–H groups in total. The number of hydrogen-bond acceptors (Lipinski definition) is 4. The molecule has 2 aromatic heterocycles. The quantitative estimate of drug-likeness (QED) is 0.790. The Kier molecular flexibility index (Phi) is 2.40. The van der Waals surface area contributed by atoms with E-state index in [9.17, 15) is 0 Å². The van der Waals surface area contributed by atoms with Gasteiger partial charge in [-0.15, -0.1) is 0 Å². The normalized spacial score (nSPS) is 12.4. The molecule has 2 rings (SSSR count). The summed E-state index contributed by atoms with van der Waals surface area (Å²) in [5.74, 6) is 0.829. The topological polar surface area (TPSA) is 55.6 Å². The predicted octanol–water partition coefficient (Wildman–Crippen LogP) is 1.30. The van der Waals surface area contributed by atoms with Gasteiger partial charge >= 0.3 is 0 Å². The van der Waals surface area contributed by atoms with Crippen LogP contribution in [0.2, 0.25) is 0 Å². The molecule has 0 fully saturated rings. The zero-order valence-corrected chi connectivity index (χ0v) is 7.83. The molecule has 0 unspecified atom stereocenters. The molecule has 2 aromatic rings. The van der Waals surface area contributed by atoms with E-state index in [-0.39, 0.29) is 6.17 Å². The molecule has 14 heavy (non-hydrogen) atoms. The van der Waals surface area contributed by atoms with E-state index in [4.69, 9.17) is 0 Å². The zero-order chi connectivity index (χ0) is 9.80. The van der Waals surface area contributed by atoms with Crippen molar-refractivity contribution in [1.82, 2.24) is 19.7 Å². The second-order valence-corrected chi connectivity index (χ2v) is 2.91. The van der Waals surface area contributed by atoms with Crippen LogP contribution < -0.4 is 5.32 Å². The Balaban J connectivity index is 2.06. The number of aromatic nitrogens is 4. The van der Waals surface area contributed by atoms with E-state index in [0.717, 1.165) is 5.82 Å². The van der Waals surface area contributed by atoms with E-state index < -0.39 is 0 Å². The van der Waals surface area contributed by atoms with Gasteiger partial charge in [0.25, 0.3) is 0 Å². The molecule has 0 radical (unpaired) electrons. The third-order valence-corrected chi connectivity index (χ3v) is 1.86. The third kappa shape index (κ3) is 1.87. The highest BCUT2D eigenvalue weighted by atomic mass is 15.4. The third-order valence-electron chi connectivity index (χ3n) is 1.86. The van der Waals surface area contributed by atoms with Gasteiger partial charge in [0.1, 0.15) is 24.6 Å². The standard InChI is InChI=1S/C9H11N5/c1-8(14-7-10-6-12-14)13-9-4-2-3-5-11-9/h2-8H,1H3,(H,11,13)/t8-/m0/s1. The highest BCUT2D eigenvalue weighted by molar-refractivity contribution is 5.33. The van der Waals surface area contributed by atoms with Crippen molar-refractivity contribution in [2.24, 2.45) is 0 Å². The summed E-state index contributed by atoms with van der Waals surface area (Å²) in [6, 6.07) is 5.72. The number of pyridine rings is 1. The van der Waals surface area contributed by atoms with Crippen LogP contribution in [0.1, 0.15) is 13.1 Å². The summed E-state index contributed by atoms with van der Waals surface area (Å²) in [6.07, 6.45) is 4.97. The SMILES string of the molecule is C[C@@H](Nc1ccccn1)n1cncn1. The van der Waals surface area contributed by atoms with E-state index in [2.05, 4.69) is 20.4 Å². The smallest absolute Gasteiger partial charge is 0.137 e. The van der Waals surface area contributed by atoms with Gasteiger partial charge in [-0.1, -0.05) is 6.07 Å². The first kappa shape index (κ1) is 8.68. The van der Waals surface area contributed by atoms with Crippen molar-refractivity contribution in [1.29, 1.82) is 0 Å². The molecule has 0 aliphatic carbocycles. The van der Waals surface area contributed by atoms with Gasteiger partial charge in [0, 0.05) is 6.20 Å². The van der Waals surface area contributed by atoms with Crippen LogP contribution in [-0.4, -0.2) is 19.7 Å². The molecule has 0 bridgehead atoms. The summed E-state index contributed by atoms with van der Waals surface area (Å²) in [4.78, 5) is 8.03. The average Bonchev–Trinajstić information content (AvgIpc) is 2.72. The lowest BCUT2D eigenvalue weighted by molar-refractivity contribution is 0.542. The Morgan fingerprint density at radius 1 is 1.43 bits per heavy atom. The van der Waals surface area contributed by atoms with Gasteiger partial charge in [0.05, 0.1) is 0 Å². The van der Waals surface area contributed by atoms with E-state index in [0.29, 0.717) is 0 Å². The fraction of sp³-hybridized carbons (Fsp3) is 0.222. The van der Waals surface area contributed by atoms with Crippen LogP contribution in [0.3, 0.4) is 0 Å². The number of nitrogens with one attached hydrogen (secondary N) is 1. The Bertz CT molecular complexity index is 369. The second-order valence-electron chi connectivity index (χ2n) is 2.91. The van der Waals surface area contributed by atoms with Crippen molar-refractivity contribution in [2.75, 3.05) is 5.32 Å². The summed E-state index contributed by atoms with van der Waals surface area (Å²) in [5, 5.41) is 7.22. The molecule has 0 saturated carbocycles. The minimum Gasteiger partial charge on any atom is -0.349 e. The predicted molar refractivity (Wildman–Crippen MR) is 52.6 cm³/mol. The van der Waals surface area contributed by atoms with Gasteiger partial charge in [0.15, 0.2) is 0 Å². The number of anilines is 1. The largest absolute Gasteiger partial charge is 0.349 e. The summed E-state index contributed by atoms with van der Waals surface area (Å²) in [6.45, 7) is 1.99. The van der Waals surface area contributed by atoms with Crippen molar-refractivity contribution in [3.8, 4) is 0 Å². The maximum atomic E-state index is 4.16. The average molecular weight is 189 g/mol. The lowest BCUT2D eigenvalue weighted by Gasteiger charge is -2.13. The molecule has 0 aromatic carbocycles. The fourth-order valence-electron chi connectivity index (χ4n) is 1.15. The van der Waals surface area contributed by atoms with Crippen molar-refractivity contribution in [2.45, 2.75) is 13.1 Å². The van der Waals surface area contributed by atoms with Gasteiger partial charge in [-0.3, -0.25) is 0 Å². The van der Waals surface area contributed by atoms with Gasteiger partial charge in [-0.05, 0) is 19.1 Å². The van der Waals surface area contributed by atoms with Crippen LogP contribution >= 0.6 is 0 Å². The first-order valence-corrected chi connectivity index (χ1v) is 4.38. The highest BCUT2D eigenvalue weighted by Gasteiger charge is 2.03. The first-order chi connectivity index (χ1) is 6.86. The fourth-order valence-corrected chi connectivity index (χ4v) is 1.15. The summed E-state index contributed by atoms with van der Waals surface area (Å²) in [7, 11) is 0. The highest BCUT2D eigenvalue weighted by Crippen LogP contribution is 2.08. The minimum absolute atomic E-state index is 0.0485. The Labute approximate surface area is 81.8 Å². The molecule has 1 atom stereocenters. The number of hydrogen-bond donors (Lipinski definition) is 1. The van der Waals surface area contributed by atoms with Crippen molar-refractivity contribution >= 4 is 5.82 Å². The molecule has 2 heterocycles. The van der Waals surface area contributed by atoms with E-state index in [1.165, 1.54) is 6.33 Å². The van der Waals surface area contributed by atoms with Crippen LogP contribution in [0.25, 0.3) is 0 Å². The maximum Gasteiger partial charge on any atom is 0.137 e. The van der Waals surface area contributed by atoms with E-state index in [1.807, 2.05) is 25.1 Å². The van der Waals surface area contributed by atoms with E-state index >= 15 is 0 Å². The lowest BCUT2D eigenvalue weighted by atomic mass is 10.4. The van der Waals surface area contributed by atoms with Gasteiger partial charge in [-0.25, -0.2) is 14.6 Å². The molecule has 0 aliphatic rings. The van der Waals surface area contributed by atoms with Crippen molar-refractivity contribution in [3.05, 3.63) is 37.1 Å². The number of rotatable bonds is 3. The summed E-state index contributed by atoms with van der Waals surface area (Å²) < 4.78 is 1.73. The first-order valence-electron chi connectivity index (χ1n) is 4.38. The molecular formula is C9H11N5. The molecule has 0 aliphatic heterocycles. The summed E-state index contributed by atoms with van der Waals surface area (Å²) in [5.41, 5.74) is 0. The van der Waals surface area contributed by atoms with Crippen molar-refractivity contribution < 1.29 is 0 Å². The molecule has 72 valence electrons. The Hall–Kier alpha value is -1.91. The molecule has 5 nitrogen and oxygen atoms in total. The van der Waals surface area contributed by atoms with Crippen molar-refractivity contribution in [3.63, 3.8) is 0 Å². The molecule has 0 amide bonds. The lowest BCUT2D eigenvalue weighted by Crippen LogP contribution is -2.15. The molecule has 5 heteroatoms. The molecular weight excluding hydrogens is 178 g/mol. The van der Waals surface area contributed by atoms with Crippen LogP contribution in [-0.2, 0) is 0 Å². The monoisotopic (exact) mass is 189 g/mol. The maximum absolute atomic E-state index is 4.16. The van der Waals surface area contributed by atoms with Crippen LogP contribution in [0.15, 0.2) is 37.1 Å². The van der Waals surface area contributed by atoms with E-state index in [1.54, 1.807) is 17.2 Å². The van der Waals surface area contributed by atoms with Gasteiger partial charge < -0.3 is 5.32 Å². The Morgan fingerprint density at radius 3 is 3.00 bits per heavy atom. The second kappa shape index (κ2) is 3.87. The summed E-state index contributed by atoms with van der Waals surface area (Å²) >= 11 is 0. The number of nitrogens with zero attached hydrogens (tertiary/aromatic N) is 4. The van der Waals surface area contributed by atoms with Gasteiger partial charge in [-0.2, -0.15) is 5.10 Å². The van der Waals surface area contributed by atoms with Crippen LogP contribution in [0, 0.1) is 0 Å². The zero-order valence-electron chi connectivity index (χ0n) is 7.83. The van der Waals surface area contributed by atoms with Gasteiger partial charge in [0.2, 0.25) is 0 Å². The molecule has 0 saturated heterocycles. The van der Waals surface area contributed by atoms with Crippen LogP contribution in [0.5, 0.6) is 0 Å².